The minimum Gasteiger partial charge on any atom is -0.492 e. The first-order valence-electron chi connectivity index (χ1n) is 5.53. The number of rotatable bonds is 4. The highest BCUT2D eigenvalue weighted by Gasteiger charge is 2.20. The molecule has 0 radical (unpaired) electrons. The van der Waals surface area contributed by atoms with Gasteiger partial charge in [0.15, 0.2) is 0 Å². The summed E-state index contributed by atoms with van der Waals surface area (Å²) < 4.78 is 6.37. The predicted molar refractivity (Wildman–Crippen MR) is 87.3 cm³/mol. The number of hydrogen-bond acceptors (Lipinski definition) is 2. The van der Waals surface area contributed by atoms with Gasteiger partial charge in [0.25, 0.3) is 0 Å². The molecule has 1 heterocycles. The molecule has 1 atom stereocenters. The summed E-state index contributed by atoms with van der Waals surface area (Å²) in [5.74, 6) is 0.576. The summed E-state index contributed by atoms with van der Waals surface area (Å²) in [5.41, 5.74) is 0.778. The van der Waals surface area contributed by atoms with Crippen LogP contribution in [0.2, 0.25) is 10.0 Å². The van der Waals surface area contributed by atoms with Gasteiger partial charge in [0, 0.05) is 20.4 Å². The summed E-state index contributed by atoms with van der Waals surface area (Å²) >= 11 is 24.0. The molecule has 2 aromatic rings. The maximum absolute atomic E-state index is 6.48. The molecule has 6 heteroatoms. The Bertz CT molecular complexity index is 585. The van der Waals surface area contributed by atoms with Gasteiger partial charge in [-0.25, -0.2) is 0 Å². The third kappa shape index (κ3) is 3.40. The third-order valence-electron chi connectivity index (χ3n) is 2.50. The first kappa shape index (κ1) is 15.5. The fraction of sp³-hybridized carbons (Fsp3) is 0.231. The van der Waals surface area contributed by atoms with Crippen molar-refractivity contribution in [1.82, 2.24) is 0 Å². The minimum atomic E-state index is -0.338. The molecule has 0 aliphatic carbocycles. The van der Waals surface area contributed by atoms with Crippen LogP contribution in [-0.2, 0) is 0 Å². The molecular weight excluding hydrogens is 390 g/mol. The molecule has 0 fully saturated rings. The van der Waals surface area contributed by atoms with E-state index in [4.69, 9.17) is 39.5 Å². The van der Waals surface area contributed by atoms with Gasteiger partial charge in [0.1, 0.15) is 5.75 Å². The van der Waals surface area contributed by atoms with Crippen molar-refractivity contribution in [3.63, 3.8) is 0 Å². The lowest BCUT2D eigenvalue weighted by Gasteiger charge is -2.14. The van der Waals surface area contributed by atoms with Crippen LogP contribution in [0.3, 0.4) is 0 Å². The van der Waals surface area contributed by atoms with Crippen molar-refractivity contribution < 1.29 is 4.74 Å². The number of ether oxygens (including phenoxy) is 1. The zero-order valence-electron chi connectivity index (χ0n) is 9.92. The van der Waals surface area contributed by atoms with Crippen LogP contribution < -0.4 is 4.74 Å². The van der Waals surface area contributed by atoms with Crippen LogP contribution in [0.15, 0.2) is 28.1 Å². The lowest BCUT2D eigenvalue weighted by atomic mass is 10.1. The van der Waals surface area contributed by atoms with Crippen LogP contribution in [0.1, 0.15) is 22.7 Å². The fourth-order valence-corrected chi connectivity index (χ4v) is 4.36. The average Bonchev–Trinajstić information content (AvgIpc) is 2.79. The van der Waals surface area contributed by atoms with Crippen molar-refractivity contribution in [3.8, 4) is 5.75 Å². The molecule has 102 valence electrons. The summed E-state index contributed by atoms with van der Waals surface area (Å²) in [5, 5.41) is 2.70. The van der Waals surface area contributed by atoms with Crippen LogP contribution in [0, 0.1) is 0 Å². The van der Waals surface area contributed by atoms with Gasteiger partial charge in [-0.1, -0.05) is 23.2 Å². The second kappa shape index (κ2) is 6.68. The van der Waals surface area contributed by atoms with Gasteiger partial charge in [-0.3, -0.25) is 0 Å². The van der Waals surface area contributed by atoms with Gasteiger partial charge in [-0.15, -0.1) is 22.9 Å². The second-order valence-corrected chi connectivity index (χ2v) is 6.79. The molecule has 1 unspecified atom stereocenters. The minimum absolute atomic E-state index is 0.338. The number of hydrogen-bond donors (Lipinski definition) is 0. The van der Waals surface area contributed by atoms with Crippen molar-refractivity contribution in [1.29, 1.82) is 0 Å². The molecule has 2 rings (SSSR count). The zero-order valence-corrected chi connectivity index (χ0v) is 14.6. The quantitative estimate of drug-likeness (QED) is 0.529. The summed E-state index contributed by atoms with van der Waals surface area (Å²) in [4.78, 5) is 1.00. The first-order chi connectivity index (χ1) is 9.04. The lowest BCUT2D eigenvalue weighted by molar-refractivity contribution is 0.340. The van der Waals surface area contributed by atoms with Crippen LogP contribution >= 0.6 is 62.1 Å². The molecular formula is C13H10BrCl3OS. The normalized spacial score (nSPS) is 12.5. The van der Waals surface area contributed by atoms with Crippen molar-refractivity contribution in [2.75, 3.05) is 6.61 Å². The Hall–Kier alpha value is 0.0700. The molecule has 1 nitrogen and oxygen atoms in total. The molecule has 1 aromatic carbocycles. The van der Waals surface area contributed by atoms with Crippen molar-refractivity contribution in [3.05, 3.63) is 48.5 Å². The van der Waals surface area contributed by atoms with Gasteiger partial charge in [-0.05, 0) is 45.9 Å². The van der Waals surface area contributed by atoms with E-state index in [1.54, 1.807) is 23.5 Å². The molecule has 0 saturated heterocycles. The molecule has 19 heavy (non-hydrogen) atoms. The second-order valence-electron chi connectivity index (χ2n) is 3.73. The van der Waals surface area contributed by atoms with Crippen molar-refractivity contribution in [2.45, 2.75) is 12.3 Å². The highest BCUT2D eigenvalue weighted by atomic mass is 79.9. The topological polar surface area (TPSA) is 9.23 Å². The van der Waals surface area contributed by atoms with Crippen LogP contribution in [-0.4, -0.2) is 6.61 Å². The largest absolute Gasteiger partial charge is 0.492 e. The smallest absolute Gasteiger partial charge is 0.139 e. The van der Waals surface area contributed by atoms with E-state index < -0.39 is 0 Å². The predicted octanol–water partition coefficient (Wildman–Crippen LogP) is 6.54. The summed E-state index contributed by atoms with van der Waals surface area (Å²) in [6.45, 7) is 2.43. The molecule has 0 amide bonds. The van der Waals surface area contributed by atoms with Crippen LogP contribution in [0.25, 0.3) is 0 Å². The van der Waals surface area contributed by atoms with Gasteiger partial charge >= 0.3 is 0 Å². The number of alkyl halides is 1. The van der Waals surface area contributed by atoms with Crippen molar-refractivity contribution in [2.24, 2.45) is 0 Å². The molecule has 0 saturated carbocycles. The highest BCUT2D eigenvalue weighted by Crippen LogP contribution is 2.43. The van der Waals surface area contributed by atoms with E-state index in [1.807, 2.05) is 18.4 Å². The third-order valence-corrected chi connectivity index (χ3v) is 5.64. The SMILES string of the molecule is CCOc1cc(Cl)c(C(Cl)c2sccc2Br)cc1Cl. The molecule has 0 aliphatic heterocycles. The molecule has 0 aliphatic rings. The monoisotopic (exact) mass is 398 g/mol. The van der Waals surface area contributed by atoms with Gasteiger partial charge in [-0.2, -0.15) is 0 Å². The maximum atomic E-state index is 6.48. The molecule has 0 N–H and O–H groups in total. The Labute approximate surface area is 139 Å². The summed E-state index contributed by atoms with van der Waals surface area (Å²) in [7, 11) is 0. The Morgan fingerprint density at radius 1 is 1.32 bits per heavy atom. The highest BCUT2D eigenvalue weighted by molar-refractivity contribution is 9.10. The van der Waals surface area contributed by atoms with Crippen LogP contribution in [0.5, 0.6) is 5.75 Å². The zero-order chi connectivity index (χ0) is 14.0. The Balaban J connectivity index is 2.40. The number of thiophene rings is 1. The Morgan fingerprint density at radius 2 is 2.05 bits per heavy atom. The molecule has 0 bridgehead atoms. The van der Waals surface area contributed by atoms with E-state index >= 15 is 0 Å². The average molecular weight is 401 g/mol. The van der Waals surface area contributed by atoms with E-state index in [1.165, 1.54) is 0 Å². The van der Waals surface area contributed by atoms with Gasteiger partial charge in [0.05, 0.1) is 17.0 Å². The van der Waals surface area contributed by atoms with E-state index in [2.05, 4.69) is 15.9 Å². The van der Waals surface area contributed by atoms with Crippen LogP contribution in [0.4, 0.5) is 0 Å². The Morgan fingerprint density at radius 3 is 2.63 bits per heavy atom. The number of halogens is 4. The lowest BCUT2D eigenvalue weighted by Crippen LogP contribution is -1.97. The van der Waals surface area contributed by atoms with E-state index in [-0.39, 0.29) is 5.38 Å². The standard InChI is InChI=1S/C13H10BrCl3OS/c1-2-18-11-6-9(15)7(5-10(11)16)12(17)13-8(14)3-4-19-13/h3-6,12H,2H2,1H3. The van der Waals surface area contributed by atoms with E-state index in [0.29, 0.717) is 22.4 Å². The maximum Gasteiger partial charge on any atom is 0.139 e. The van der Waals surface area contributed by atoms with Gasteiger partial charge < -0.3 is 4.74 Å². The fourth-order valence-electron chi connectivity index (χ4n) is 1.63. The first-order valence-corrected chi connectivity index (χ1v) is 8.39. The Kier molecular flexibility index (Phi) is 5.44. The molecule has 0 spiro atoms. The molecule has 1 aromatic heterocycles. The number of benzene rings is 1. The van der Waals surface area contributed by atoms with E-state index in [0.717, 1.165) is 14.9 Å². The van der Waals surface area contributed by atoms with Gasteiger partial charge in [0.2, 0.25) is 0 Å². The van der Waals surface area contributed by atoms with E-state index in [9.17, 15) is 0 Å². The summed E-state index contributed by atoms with van der Waals surface area (Å²) in [6, 6.07) is 5.43. The summed E-state index contributed by atoms with van der Waals surface area (Å²) in [6.07, 6.45) is 0. The van der Waals surface area contributed by atoms with Crippen molar-refractivity contribution >= 4 is 62.1 Å².